The first-order valence-electron chi connectivity index (χ1n) is 9.59. The highest BCUT2D eigenvalue weighted by molar-refractivity contribution is 6.30. The lowest BCUT2D eigenvalue weighted by atomic mass is 10.1. The van der Waals surface area contributed by atoms with Gasteiger partial charge in [-0.1, -0.05) is 23.7 Å². The molecule has 2 aromatic carbocycles. The van der Waals surface area contributed by atoms with Crippen LogP contribution in [0.4, 0.5) is 11.5 Å². The molecule has 0 bridgehead atoms. The molecule has 0 aliphatic carbocycles. The van der Waals surface area contributed by atoms with Gasteiger partial charge in [0.2, 0.25) is 0 Å². The summed E-state index contributed by atoms with van der Waals surface area (Å²) in [5, 5.41) is 18.1. The van der Waals surface area contributed by atoms with Crippen molar-refractivity contribution in [2.24, 2.45) is 0 Å². The number of carbonyl (C=O) groups excluding carboxylic acids is 1. The molecule has 1 atom stereocenters. The van der Waals surface area contributed by atoms with Crippen LogP contribution in [0.1, 0.15) is 28.7 Å². The van der Waals surface area contributed by atoms with Crippen LogP contribution in [-0.2, 0) is 4.79 Å². The number of nitrogen functional groups attached to an aromatic ring is 1. The molecule has 0 fully saturated rings. The lowest BCUT2D eigenvalue weighted by Gasteiger charge is -2.14. The molecule has 9 heteroatoms. The Morgan fingerprint density at radius 3 is 2.65 bits per heavy atom. The van der Waals surface area contributed by atoms with E-state index in [9.17, 15) is 9.90 Å². The summed E-state index contributed by atoms with van der Waals surface area (Å²) in [7, 11) is 0. The van der Waals surface area contributed by atoms with Gasteiger partial charge in [-0.2, -0.15) is 5.10 Å². The number of benzene rings is 2. The third-order valence-corrected chi connectivity index (χ3v) is 5.17. The van der Waals surface area contributed by atoms with Crippen LogP contribution in [0.5, 0.6) is 0 Å². The molecule has 4 N–H and O–H groups in total. The first-order chi connectivity index (χ1) is 14.7. The number of hydrogen-bond donors (Lipinski definition) is 3. The molecule has 0 radical (unpaired) electrons. The third kappa shape index (κ3) is 3.95. The Morgan fingerprint density at radius 2 is 1.94 bits per heavy atom. The summed E-state index contributed by atoms with van der Waals surface area (Å²) in [6.07, 6.45) is -1.34. The number of aliphatic hydroxyl groups excluding tert-OH is 1. The third-order valence-electron chi connectivity index (χ3n) is 4.93. The fraction of sp³-hybridized carbons (Fsp3) is 0.182. The van der Waals surface area contributed by atoms with Crippen molar-refractivity contribution in [2.45, 2.75) is 26.9 Å². The Labute approximate surface area is 183 Å². The standard InChI is InChI=1S/C22H21ClN6O2/c1-11-9-16(27-22(31)20(30)14-5-4-6-15(23)10-14)7-8-17(11)29-19-18(12(2)28-29)25-13(3)26-21(19)24/h4-10,20,30H,1-3H3,(H,27,31)(H2,24,25,26). The number of fused-ring (bicyclic) bond motifs is 1. The number of aryl methyl sites for hydroxylation is 3. The van der Waals surface area contributed by atoms with Crippen LogP contribution in [0.3, 0.4) is 0 Å². The minimum absolute atomic E-state index is 0.351. The predicted octanol–water partition coefficient (Wildman–Crippen LogP) is 3.65. The molecule has 0 spiro atoms. The van der Waals surface area contributed by atoms with Crippen molar-refractivity contribution in [3.05, 3.63) is 70.1 Å². The van der Waals surface area contributed by atoms with Gasteiger partial charge in [0.1, 0.15) is 16.9 Å². The van der Waals surface area contributed by atoms with Gasteiger partial charge in [0.15, 0.2) is 11.9 Å². The van der Waals surface area contributed by atoms with E-state index in [-0.39, 0.29) is 0 Å². The van der Waals surface area contributed by atoms with Crippen molar-refractivity contribution in [1.82, 2.24) is 19.7 Å². The Hall–Kier alpha value is -3.49. The smallest absolute Gasteiger partial charge is 0.257 e. The van der Waals surface area contributed by atoms with Crippen LogP contribution in [0.15, 0.2) is 42.5 Å². The van der Waals surface area contributed by atoms with E-state index in [1.165, 1.54) is 0 Å². The highest BCUT2D eigenvalue weighted by Crippen LogP contribution is 2.27. The van der Waals surface area contributed by atoms with Crippen LogP contribution < -0.4 is 11.1 Å². The van der Waals surface area contributed by atoms with E-state index in [2.05, 4.69) is 20.4 Å². The number of aliphatic hydroxyl groups is 1. The van der Waals surface area contributed by atoms with Crippen molar-refractivity contribution < 1.29 is 9.90 Å². The second kappa shape index (κ2) is 7.98. The highest BCUT2D eigenvalue weighted by atomic mass is 35.5. The molecule has 0 saturated carbocycles. The molecule has 31 heavy (non-hydrogen) atoms. The van der Waals surface area contributed by atoms with E-state index in [1.54, 1.807) is 48.0 Å². The normalized spacial score (nSPS) is 12.2. The second-order valence-corrected chi connectivity index (χ2v) is 7.73. The molecule has 1 amide bonds. The van der Waals surface area contributed by atoms with Crippen molar-refractivity contribution in [3.63, 3.8) is 0 Å². The number of nitrogens with one attached hydrogen (secondary N) is 1. The van der Waals surface area contributed by atoms with Crippen LogP contribution in [0, 0.1) is 20.8 Å². The lowest BCUT2D eigenvalue weighted by Crippen LogP contribution is -2.21. The average Bonchev–Trinajstić information content (AvgIpc) is 3.04. The Balaban J connectivity index is 1.64. The molecule has 4 rings (SSSR count). The summed E-state index contributed by atoms with van der Waals surface area (Å²) in [5.41, 5.74) is 10.8. The molecular formula is C22H21ClN6O2. The lowest BCUT2D eigenvalue weighted by molar-refractivity contribution is -0.124. The Kier molecular flexibility index (Phi) is 5.34. The molecule has 2 heterocycles. The van der Waals surface area contributed by atoms with Crippen molar-refractivity contribution >= 4 is 40.0 Å². The molecule has 0 aliphatic rings. The topological polar surface area (TPSA) is 119 Å². The summed E-state index contributed by atoms with van der Waals surface area (Å²) < 4.78 is 1.71. The number of rotatable bonds is 4. The van der Waals surface area contributed by atoms with Crippen molar-refractivity contribution in [2.75, 3.05) is 11.1 Å². The summed E-state index contributed by atoms with van der Waals surface area (Å²) >= 11 is 5.94. The monoisotopic (exact) mass is 436 g/mol. The first kappa shape index (κ1) is 20.8. The van der Waals surface area contributed by atoms with Crippen molar-refractivity contribution in [3.8, 4) is 5.69 Å². The van der Waals surface area contributed by atoms with Gasteiger partial charge in [0, 0.05) is 10.7 Å². The molecule has 1 unspecified atom stereocenters. The molecule has 2 aromatic heterocycles. The SMILES string of the molecule is Cc1nc(N)c2c(n1)c(C)nn2-c1ccc(NC(=O)C(O)c2cccc(Cl)c2)cc1C. The maximum Gasteiger partial charge on any atom is 0.257 e. The molecule has 8 nitrogen and oxygen atoms in total. The Bertz CT molecular complexity index is 1320. The summed E-state index contributed by atoms with van der Waals surface area (Å²) in [6, 6.07) is 11.9. The number of carbonyl (C=O) groups is 1. The van der Waals surface area contributed by atoms with E-state index < -0.39 is 12.0 Å². The van der Waals surface area contributed by atoms with Gasteiger partial charge in [-0.3, -0.25) is 4.79 Å². The summed E-state index contributed by atoms with van der Waals surface area (Å²) in [4.78, 5) is 21.2. The predicted molar refractivity (Wildman–Crippen MR) is 120 cm³/mol. The number of aromatic nitrogens is 4. The number of nitrogens with two attached hydrogens (primary N) is 1. The number of nitrogens with zero attached hydrogens (tertiary/aromatic N) is 4. The number of amides is 1. The highest BCUT2D eigenvalue weighted by Gasteiger charge is 2.19. The van der Waals surface area contributed by atoms with E-state index in [0.717, 1.165) is 16.9 Å². The van der Waals surface area contributed by atoms with Crippen LogP contribution in [0.25, 0.3) is 16.7 Å². The summed E-state index contributed by atoms with van der Waals surface area (Å²) in [5.74, 6) is 0.383. The van der Waals surface area contributed by atoms with Crippen LogP contribution in [0.2, 0.25) is 5.02 Å². The van der Waals surface area contributed by atoms with Gasteiger partial charge in [0.05, 0.1) is 11.4 Å². The zero-order chi connectivity index (χ0) is 22.3. The average molecular weight is 437 g/mol. The Morgan fingerprint density at radius 1 is 1.16 bits per heavy atom. The van der Waals surface area contributed by atoms with Gasteiger partial charge in [-0.05, 0) is 62.2 Å². The number of hydrogen-bond acceptors (Lipinski definition) is 6. The molecule has 0 aliphatic heterocycles. The van der Waals surface area contributed by atoms with Gasteiger partial charge >= 0.3 is 0 Å². The quantitative estimate of drug-likeness (QED) is 0.449. The number of halogens is 1. The maximum absolute atomic E-state index is 12.5. The zero-order valence-corrected chi connectivity index (χ0v) is 18.0. The molecular weight excluding hydrogens is 416 g/mol. The van der Waals surface area contributed by atoms with E-state index in [1.807, 2.05) is 19.9 Å². The van der Waals surface area contributed by atoms with Crippen molar-refractivity contribution in [1.29, 1.82) is 0 Å². The number of anilines is 2. The molecule has 0 saturated heterocycles. The van der Waals surface area contributed by atoms with Gasteiger partial charge < -0.3 is 16.2 Å². The first-order valence-corrected chi connectivity index (χ1v) is 9.97. The van der Waals surface area contributed by atoms with Crippen LogP contribution in [-0.4, -0.2) is 30.8 Å². The minimum atomic E-state index is -1.34. The summed E-state index contributed by atoms with van der Waals surface area (Å²) in [6.45, 7) is 5.55. The zero-order valence-electron chi connectivity index (χ0n) is 17.2. The minimum Gasteiger partial charge on any atom is -0.382 e. The van der Waals surface area contributed by atoms with Crippen LogP contribution >= 0.6 is 11.6 Å². The van der Waals surface area contributed by atoms with Gasteiger partial charge in [0.25, 0.3) is 5.91 Å². The van der Waals surface area contributed by atoms with E-state index >= 15 is 0 Å². The molecule has 158 valence electrons. The van der Waals surface area contributed by atoms with E-state index in [0.29, 0.717) is 38.9 Å². The van der Waals surface area contributed by atoms with Gasteiger partial charge in [-0.25, -0.2) is 14.6 Å². The maximum atomic E-state index is 12.5. The fourth-order valence-electron chi connectivity index (χ4n) is 3.48. The van der Waals surface area contributed by atoms with E-state index in [4.69, 9.17) is 17.3 Å². The van der Waals surface area contributed by atoms with Gasteiger partial charge in [-0.15, -0.1) is 0 Å². The second-order valence-electron chi connectivity index (χ2n) is 7.30. The largest absolute Gasteiger partial charge is 0.382 e. The fourth-order valence-corrected chi connectivity index (χ4v) is 3.68. The molecule has 4 aromatic rings.